The van der Waals surface area contributed by atoms with Crippen molar-refractivity contribution in [1.29, 1.82) is 0 Å². The summed E-state index contributed by atoms with van der Waals surface area (Å²) in [6.07, 6.45) is 1.74. The number of hydrogen-bond acceptors (Lipinski definition) is 4. The van der Waals surface area contributed by atoms with Crippen LogP contribution in [-0.2, 0) is 26.2 Å². The molecular weight excluding hydrogens is 522 g/mol. The van der Waals surface area contributed by atoms with Crippen LogP contribution in [-0.4, -0.2) is 44.3 Å². The molecule has 2 amide bonds. The highest BCUT2D eigenvalue weighted by Gasteiger charge is 2.33. The summed E-state index contributed by atoms with van der Waals surface area (Å²) in [5.74, 6) is -0.822. The van der Waals surface area contributed by atoms with Crippen molar-refractivity contribution in [3.8, 4) is 0 Å². The van der Waals surface area contributed by atoms with Crippen LogP contribution in [0.4, 0.5) is 5.69 Å². The maximum atomic E-state index is 13.9. The summed E-state index contributed by atoms with van der Waals surface area (Å²) >= 11 is 6.41. The van der Waals surface area contributed by atoms with Gasteiger partial charge < -0.3 is 10.2 Å². The zero-order valence-corrected chi connectivity index (χ0v) is 23.5. The zero-order chi connectivity index (χ0) is 27.7. The van der Waals surface area contributed by atoms with Crippen LogP contribution in [0, 0.1) is 6.92 Å². The first-order valence-corrected chi connectivity index (χ1v) is 14.4. The molecule has 9 heteroatoms. The number of para-hydroxylation sites is 1. The van der Waals surface area contributed by atoms with E-state index in [1.54, 1.807) is 49.4 Å². The highest BCUT2D eigenvalue weighted by molar-refractivity contribution is 7.92. The summed E-state index contributed by atoms with van der Waals surface area (Å²) in [7, 11) is -4.15. The Morgan fingerprint density at radius 2 is 1.58 bits per heavy atom. The summed E-state index contributed by atoms with van der Waals surface area (Å²) in [5.41, 5.74) is 2.07. The molecule has 3 aromatic carbocycles. The first-order valence-electron chi connectivity index (χ1n) is 12.6. The van der Waals surface area contributed by atoms with E-state index in [1.807, 2.05) is 38.1 Å². The zero-order valence-electron chi connectivity index (χ0n) is 21.9. The lowest BCUT2D eigenvalue weighted by molar-refractivity contribution is -0.139. The SMILES string of the molecule is CCCCNC(=O)C(C)N(Cc1ccc(C)cc1)C(=O)CN(c1ccccc1Cl)S(=O)(=O)c1ccccc1. The minimum atomic E-state index is -4.15. The van der Waals surface area contributed by atoms with Gasteiger partial charge in [0.15, 0.2) is 0 Å². The van der Waals surface area contributed by atoms with E-state index in [-0.39, 0.29) is 28.1 Å². The molecule has 0 bridgehead atoms. The number of hydrogen-bond donors (Lipinski definition) is 1. The number of unbranched alkanes of at least 4 members (excludes halogenated alkanes) is 1. The number of nitrogens with zero attached hydrogens (tertiary/aromatic N) is 2. The number of amides is 2. The molecule has 7 nitrogen and oxygen atoms in total. The first-order chi connectivity index (χ1) is 18.1. The predicted molar refractivity (Wildman–Crippen MR) is 152 cm³/mol. The Morgan fingerprint density at radius 3 is 2.21 bits per heavy atom. The smallest absolute Gasteiger partial charge is 0.264 e. The number of nitrogens with one attached hydrogen (secondary N) is 1. The number of carbonyl (C=O) groups is 2. The normalized spacial score (nSPS) is 12.0. The molecule has 0 saturated carbocycles. The van der Waals surface area contributed by atoms with Gasteiger partial charge in [0.1, 0.15) is 12.6 Å². The van der Waals surface area contributed by atoms with E-state index in [2.05, 4.69) is 5.32 Å². The third kappa shape index (κ3) is 7.36. The number of carbonyl (C=O) groups excluding carboxylic acids is 2. The monoisotopic (exact) mass is 555 g/mol. The number of rotatable bonds is 12. The molecule has 1 unspecified atom stereocenters. The predicted octanol–water partition coefficient (Wildman–Crippen LogP) is 5.18. The Kier molecular flexibility index (Phi) is 10.3. The average molecular weight is 556 g/mol. The molecule has 0 aliphatic rings. The van der Waals surface area contributed by atoms with Crippen LogP contribution in [0.15, 0.2) is 83.8 Å². The van der Waals surface area contributed by atoms with E-state index in [0.29, 0.717) is 6.54 Å². The Labute approximate surface area is 230 Å². The standard InChI is InChI=1S/C29H34ClN3O4S/c1-4-5-19-31-29(35)23(3)32(20-24-17-15-22(2)16-18-24)28(34)21-33(27-14-10-9-13-26(27)30)38(36,37)25-11-7-6-8-12-25/h6-18,23H,4-5,19-21H2,1-3H3,(H,31,35). The van der Waals surface area contributed by atoms with E-state index >= 15 is 0 Å². The number of anilines is 1. The summed E-state index contributed by atoms with van der Waals surface area (Å²) in [5, 5.41) is 3.07. The van der Waals surface area contributed by atoms with Crippen molar-refractivity contribution in [3.63, 3.8) is 0 Å². The molecule has 0 aliphatic heterocycles. The van der Waals surface area contributed by atoms with Gasteiger partial charge >= 0.3 is 0 Å². The van der Waals surface area contributed by atoms with E-state index < -0.39 is 28.5 Å². The Balaban J connectivity index is 1.99. The summed E-state index contributed by atoms with van der Waals surface area (Å²) < 4.78 is 28.5. The third-order valence-electron chi connectivity index (χ3n) is 6.20. The van der Waals surface area contributed by atoms with Crippen LogP contribution in [0.1, 0.15) is 37.8 Å². The molecule has 0 heterocycles. The van der Waals surface area contributed by atoms with Gasteiger partial charge in [-0.2, -0.15) is 0 Å². The summed E-state index contributed by atoms with van der Waals surface area (Å²) in [6, 6.07) is 21.2. The fourth-order valence-electron chi connectivity index (χ4n) is 3.90. The highest BCUT2D eigenvalue weighted by Crippen LogP contribution is 2.30. The molecule has 0 saturated heterocycles. The van der Waals surface area contributed by atoms with Crippen molar-refractivity contribution in [3.05, 3.63) is 95.0 Å². The maximum Gasteiger partial charge on any atom is 0.264 e. The van der Waals surface area contributed by atoms with Crippen molar-refractivity contribution in [2.75, 3.05) is 17.4 Å². The van der Waals surface area contributed by atoms with Gasteiger partial charge in [-0.15, -0.1) is 0 Å². The Morgan fingerprint density at radius 1 is 0.947 bits per heavy atom. The van der Waals surface area contributed by atoms with Gasteiger partial charge in [-0.3, -0.25) is 13.9 Å². The molecule has 0 spiro atoms. The lowest BCUT2D eigenvalue weighted by atomic mass is 10.1. The summed E-state index contributed by atoms with van der Waals surface area (Å²) in [6.45, 7) is 5.76. The topological polar surface area (TPSA) is 86.8 Å². The summed E-state index contributed by atoms with van der Waals surface area (Å²) in [4.78, 5) is 28.3. The molecule has 0 aliphatic carbocycles. The molecule has 0 aromatic heterocycles. The van der Waals surface area contributed by atoms with Gasteiger partial charge in [-0.1, -0.05) is 85.1 Å². The van der Waals surface area contributed by atoms with Gasteiger partial charge in [0.2, 0.25) is 11.8 Å². The third-order valence-corrected chi connectivity index (χ3v) is 8.30. The fraction of sp³-hybridized carbons (Fsp3) is 0.310. The molecule has 0 radical (unpaired) electrons. The lowest BCUT2D eigenvalue weighted by Gasteiger charge is -2.32. The van der Waals surface area contributed by atoms with E-state index in [4.69, 9.17) is 11.6 Å². The Hall–Kier alpha value is -3.36. The molecule has 1 N–H and O–H groups in total. The van der Waals surface area contributed by atoms with Gasteiger partial charge in [0.25, 0.3) is 10.0 Å². The van der Waals surface area contributed by atoms with E-state index in [9.17, 15) is 18.0 Å². The molecule has 1 atom stereocenters. The minimum absolute atomic E-state index is 0.0307. The molecule has 38 heavy (non-hydrogen) atoms. The Bertz CT molecular complexity index is 1330. The number of aryl methyl sites for hydroxylation is 1. The van der Waals surface area contributed by atoms with Crippen molar-refractivity contribution < 1.29 is 18.0 Å². The van der Waals surface area contributed by atoms with Crippen LogP contribution in [0.25, 0.3) is 0 Å². The van der Waals surface area contributed by atoms with Crippen LogP contribution in [0.2, 0.25) is 5.02 Å². The molecular formula is C29H34ClN3O4S. The van der Waals surface area contributed by atoms with Crippen LogP contribution < -0.4 is 9.62 Å². The molecule has 202 valence electrons. The van der Waals surface area contributed by atoms with Gasteiger partial charge in [0.05, 0.1) is 15.6 Å². The minimum Gasteiger partial charge on any atom is -0.354 e. The van der Waals surface area contributed by atoms with Crippen molar-refractivity contribution >= 4 is 39.1 Å². The first kappa shape index (κ1) is 29.2. The largest absolute Gasteiger partial charge is 0.354 e. The lowest BCUT2D eigenvalue weighted by Crippen LogP contribution is -2.51. The number of sulfonamides is 1. The second kappa shape index (κ2) is 13.4. The molecule has 3 rings (SSSR count). The average Bonchev–Trinajstić information content (AvgIpc) is 2.92. The van der Waals surface area contributed by atoms with Crippen LogP contribution in [0.5, 0.6) is 0 Å². The fourth-order valence-corrected chi connectivity index (χ4v) is 5.64. The van der Waals surface area contributed by atoms with E-state index in [0.717, 1.165) is 28.3 Å². The van der Waals surface area contributed by atoms with Gasteiger partial charge in [-0.05, 0) is 50.1 Å². The highest BCUT2D eigenvalue weighted by atomic mass is 35.5. The molecule has 0 fully saturated rings. The maximum absolute atomic E-state index is 13.9. The molecule has 3 aromatic rings. The van der Waals surface area contributed by atoms with Gasteiger partial charge in [-0.25, -0.2) is 8.42 Å². The van der Waals surface area contributed by atoms with Crippen LogP contribution >= 0.6 is 11.6 Å². The van der Waals surface area contributed by atoms with Crippen LogP contribution in [0.3, 0.4) is 0 Å². The van der Waals surface area contributed by atoms with E-state index in [1.165, 1.54) is 17.0 Å². The van der Waals surface area contributed by atoms with Gasteiger partial charge in [0, 0.05) is 13.1 Å². The number of halogens is 1. The second-order valence-electron chi connectivity index (χ2n) is 9.10. The van der Waals surface area contributed by atoms with Crippen molar-refractivity contribution in [2.45, 2.75) is 51.1 Å². The number of benzene rings is 3. The van der Waals surface area contributed by atoms with Crippen molar-refractivity contribution in [2.24, 2.45) is 0 Å². The quantitative estimate of drug-likeness (QED) is 0.312. The van der Waals surface area contributed by atoms with Crippen molar-refractivity contribution in [1.82, 2.24) is 10.2 Å². The second-order valence-corrected chi connectivity index (χ2v) is 11.4.